The van der Waals surface area contributed by atoms with Gasteiger partial charge in [-0.15, -0.1) is 0 Å². The summed E-state index contributed by atoms with van der Waals surface area (Å²) < 4.78 is 42.6. The van der Waals surface area contributed by atoms with E-state index in [4.69, 9.17) is 19.6 Å². The normalized spacial score (nSPS) is 15.3. The number of rotatable bonds is 13. The smallest absolute Gasteiger partial charge is 0.219 e. The highest BCUT2D eigenvalue weighted by atomic mass is 79.9. The zero-order valence-electron chi connectivity index (χ0n) is 25.9. The molecule has 0 saturated heterocycles. The average Bonchev–Trinajstić information content (AvgIpc) is 3.60. The second kappa shape index (κ2) is 12.7. The highest BCUT2D eigenvalue weighted by Gasteiger charge is 2.39. The minimum Gasteiger partial charge on any atom is -0.360 e. The number of aromatic amines is 1. The largest absolute Gasteiger partial charge is 0.360 e. The van der Waals surface area contributed by atoms with Gasteiger partial charge in [0.05, 0.1) is 21.8 Å². The number of benzene rings is 2. The maximum Gasteiger partial charge on any atom is 0.219 e. The van der Waals surface area contributed by atoms with Crippen molar-refractivity contribution >= 4 is 52.8 Å². The third-order valence-corrected chi connectivity index (χ3v) is 13.3. The monoisotopic (exact) mass is 703 g/mol. The molecule has 0 fully saturated rings. The van der Waals surface area contributed by atoms with Gasteiger partial charge in [0.1, 0.15) is 12.4 Å². The maximum atomic E-state index is 13.8. The number of hydrogen-bond acceptors (Lipinski definition) is 7. The molecule has 9 nitrogen and oxygen atoms in total. The number of halogens is 1. The van der Waals surface area contributed by atoms with E-state index in [1.807, 2.05) is 33.8 Å². The Morgan fingerprint density at radius 2 is 1.67 bits per heavy atom. The summed E-state index contributed by atoms with van der Waals surface area (Å²) in [5.41, 5.74) is 2.30. The van der Waals surface area contributed by atoms with Crippen molar-refractivity contribution in [2.45, 2.75) is 81.6 Å². The Morgan fingerprint density at radius 3 is 2.35 bits per heavy atom. The van der Waals surface area contributed by atoms with E-state index < -0.39 is 31.5 Å². The van der Waals surface area contributed by atoms with Crippen LogP contribution in [0.2, 0.25) is 51.4 Å². The Labute approximate surface area is 265 Å². The van der Waals surface area contributed by atoms with Crippen LogP contribution < -0.4 is 0 Å². The first-order valence-corrected chi connectivity index (χ1v) is 24.4. The topological polar surface area (TPSA) is 102 Å². The van der Waals surface area contributed by atoms with Crippen LogP contribution in [0.15, 0.2) is 57.9 Å². The number of fused-ring (bicyclic) bond motifs is 2. The molecule has 0 saturated carbocycles. The number of nitrogens with zero attached hydrogens (tertiary/aromatic N) is 4. The number of ether oxygens (including phenoxy) is 2. The second-order valence-electron chi connectivity index (χ2n) is 13.6. The van der Waals surface area contributed by atoms with E-state index in [1.54, 1.807) is 24.3 Å². The lowest BCUT2D eigenvalue weighted by Crippen LogP contribution is -2.41. The van der Waals surface area contributed by atoms with Crippen molar-refractivity contribution < 1.29 is 17.9 Å². The second-order valence-corrected chi connectivity index (χ2v) is 27.7. The van der Waals surface area contributed by atoms with E-state index in [0.717, 1.165) is 44.5 Å². The van der Waals surface area contributed by atoms with Gasteiger partial charge in [-0.25, -0.2) is 18.1 Å². The van der Waals surface area contributed by atoms with Gasteiger partial charge in [-0.1, -0.05) is 73.4 Å². The van der Waals surface area contributed by atoms with Gasteiger partial charge in [0, 0.05) is 52.3 Å². The molecule has 232 valence electrons. The molecule has 1 unspecified atom stereocenters. The Morgan fingerprint density at radius 1 is 0.977 bits per heavy atom. The van der Waals surface area contributed by atoms with E-state index >= 15 is 0 Å². The Hall–Kier alpha value is -2.14. The predicted octanol–water partition coefficient (Wildman–Crippen LogP) is 6.93. The van der Waals surface area contributed by atoms with Gasteiger partial charge in [-0.05, 0) is 42.4 Å². The van der Waals surface area contributed by atoms with Crippen LogP contribution in [0, 0.1) is 0 Å². The fourth-order valence-corrected chi connectivity index (χ4v) is 8.38. The first kappa shape index (κ1) is 32.3. The summed E-state index contributed by atoms with van der Waals surface area (Å²) in [5, 5.41) is 5.87. The molecule has 3 heterocycles. The summed E-state index contributed by atoms with van der Waals surface area (Å²) in [6.45, 7) is 16.0. The molecule has 5 rings (SSSR count). The highest BCUT2D eigenvalue weighted by molar-refractivity contribution is 9.10. The van der Waals surface area contributed by atoms with Crippen molar-refractivity contribution in [3.05, 3.63) is 64.4 Å². The lowest BCUT2D eigenvalue weighted by Gasteiger charge is -2.28. The Bertz CT molecular complexity index is 1660. The van der Waals surface area contributed by atoms with Crippen molar-refractivity contribution in [1.82, 2.24) is 24.6 Å². The molecule has 43 heavy (non-hydrogen) atoms. The van der Waals surface area contributed by atoms with Crippen molar-refractivity contribution in [3.63, 3.8) is 0 Å². The molecule has 13 heteroatoms. The van der Waals surface area contributed by atoms with Crippen LogP contribution in [0.4, 0.5) is 0 Å². The van der Waals surface area contributed by atoms with Crippen LogP contribution >= 0.6 is 15.9 Å². The first-order valence-electron chi connectivity index (χ1n) is 14.7. The summed E-state index contributed by atoms with van der Waals surface area (Å²) in [7, 11) is -6.38. The van der Waals surface area contributed by atoms with Crippen molar-refractivity contribution in [2.75, 3.05) is 13.2 Å². The summed E-state index contributed by atoms with van der Waals surface area (Å²) in [5.74, 6) is 0.667. The molecular formula is C30H42BrN5O4SSi2. The zero-order chi connectivity index (χ0) is 31.0. The van der Waals surface area contributed by atoms with Gasteiger partial charge in [0.15, 0.2) is 5.82 Å². The molecular weight excluding hydrogens is 663 g/mol. The minimum absolute atomic E-state index is 0.257. The van der Waals surface area contributed by atoms with E-state index in [0.29, 0.717) is 38.9 Å². The summed E-state index contributed by atoms with van der Waals surface area (Å²) >= 11 is 3.59. The van der Waals surface area contributed by atoms with Gasteiger partial charge >= 0.3 is 0 Å². The number of imidazole rings is 1. The number of aromatic nitrogens is 4. The molecule has 0 radical (unpaired) electrons. The van der Waals surface area contributed by atoms with Gasteiger partial charge in [0.2, 0.25) is 15.4 Å². The van der Waals surface area contributed by atoms with Crippen molar-refractivity contribution in [3.8, 4) is 11.5 Å². The van der Waals surface area contributed by atoms with Gasteiger partial charge in [-0.2, -0.15) is 5.10 Å². The number of sulfone groups is 1. The van der Waals surface area contributed by atoms with Crippen LogP contribution in [0.5, 0.6) is 0 Å². The molecule has 2 aromatic carbocycles. The molecule has 1 aliphatic rings. The number of nitrogens with one attached hydrogen (secondary N) is 1. The van der Waals surface area contributed by atoms with E-state index in [-0.39, 0.29) is 4.90 Å². The van der Waals surface area contributed by atoms with Crippen molar-refractivity contribution in [1.29, 1.82) is 0 Å². The Kier molecular flexibility index (Phi) is 9.53. The lowest BCUT2D eigenvalue weighted by molar-refractivity contribution is -0.00317. The molecule has 2 aromatic heterocycles. The SMILES string of the molecule is C[Si](C)(C)CCOCn1nc(-c2nc3c([nH]2)CN(C(OCC[Si](C)(C)C)S(=O)(=O)c2ccccc2)C3)c2ccc(Br)cc21. The van der Waals surface area contributed by atoms with Crippen LogP contribution in [-0.2, 0) is 39.1 Å². The molecule has 0 amide bonds. The lowest BCUT2D eigenvalue weighted by atomic mass is 10.2. The third-order valence-electron chi connectivity index (χ3n) is 7.47. The molecule has 1 aliphatic heterocycles. The molecule has 4 aromatic rings. The summed E-state index contributed by atoms with van der Waals surface area (Å²) in [4.78, 5) is 10.5. The highest BCUT2D eigenvalue weighted by Crippen LogP contribution is 2.33. The van der Waals surface area contributed by atoms with Crippen LogP contribution in [0.25, 0.3) is 22.4 Å². The van der Waals surface area contributed by atoms with Crippen LogP contribution in [0.1, 0.15) is 11.4 Å². The van der Waals surface area contributed by atoms with Gasteiger partial charge < -0.3 is 14.5 Å². The predicted molar refractivity (Wildman–Crippen MR) is 180 cm³/mol. The fraction of sp³-hybridized carbons (Fsp3) is 0.467. The average molecular weight is 705 g/mol. The first-order chi connectivity index (χ1) is 20.2. The van der Waals surface area contributed by atoms with Gasteiger partial charge in [0.25, 0.3) is 0 Å². The fourth-order valence-electron chi connectivity index (χ4n) is 4.95. The van der Waals surface area contributed by atoms with Gasteiger partial charge in [-0.3, -0.25) is 4.90 Å². The molecule has 1 atom stereocenters. The standard InChI is InChI=1S/C30H42BrN5O4SSi2/c1-42(2,3)16-14-39-21-36-27-18-22(31)12-13-24(27)28(34-36)29-32-25-19-35(20-26(25)33-29)30(40-15-17-43(4,5)6)41(37,38)23-10-8-7-9-11-23/h7-13,18,30H,14-17,19-21H2,1-6H3,(H,32,33). The maximum absolute atomic E-state index is 13.8. The molecule has 1 N–H and O–H groups in total. The minimum atomic E-state index is -3.76. The summed E-state index contributed by atoms with van der Waals surface area (Å²) in [6, 6.07) is 16.6. The zero-order valence-corrected chi connectivity index (χ0v) is 30.3. The van der Waals surface area contributed by atoms with Crippen LogP contribution in [0.3, 0.4) is 0 Å². The third kappa shape index (κ3) is 7.75. The Balaban J connectivity index is 1.38. The summed E-state index contributed by atoms with van der Waals surface area (Å²) in [6.07, 6.45) is 0. The molecule has 0 aliphatic carbocycles. The molecule has 0 spiro atoms. The molecule has 0 bridgehead atoms. The van der Waals surface area contributed by atoms with E-state index in [2.05, 4.69) is 60.2 Å². The van der Waals surface area contributed by atoms with Crippen LogP contribution in [-0.4, -0.2) is 68.0 Å². The van der Waals surface area contributed by atoms with Crippen molar-refractivity contribution in [2.24, 2.45) is 0 Å². The quantitative estimate of drug-likeness (QED) is 0.119. The number of hydrogen-bond donors (Lipinski definition) is 1. The number of H-pyrrole nitrogens is 1. The van der Waals surface area contributed by atoms with E-state index in [9.17, 15) is 8.42 Å². The van der Waals surface area contributed by atoms with E-state index in [1.165, 1.54) is 0 Å².